The number of benzene rings is 1. The molecule has 0 spiro atoms. The highest BCUT2D eigenvalue weighted by Crippen LogP contribution is 2.16. The third-order valence-corrected chi connectivity index (χ3v) is 3.23. The van der Waals surface area contributed by atoms with Crippen molar-refractivity contribution in [3.8, 4) is 5.88 Å². The average Bonchev–Trinajstić information content (AvgIpc) is 2.54. The van der Waals surface area contributed by atoms with Gasteiger partial charge in [0.15, 0.2) is 0 Å². The average molecular weight is 279 g/mol. The zero-order chi connectivity index (χ0) is 14.5. The third kappa shape index (κ3) is 3.28. The largest absolute Gasteiger partial charge is 0.478 e. The molecule has 2 aromatic heterocycles. The first-order valence-corrected chi connectivity index (χ1v) is 7.00. The fourth-order valence-corrected chi connectivity index (χ4v) is 2.17. The summed E-state index contributed by atoms with van der Waals surface area (Å²) in [6.45, 7) is 3.34. The Hall–Kier alpha value is -2.62. The van der Waals surface area contributed by atoms with Crippen LogP contribution in [0.3, 0.4) is 0 Å². The number of nitrogens with one attached hydrogen (secondary N) is 1. The van der Waals surface area contributed by atoms with Crippen LogP contribution in [0.25, 0.3) is 10.8 Å². The number of hydrogen-bond acceptors (Lipinski definition) is 4. The Morgan fingerprint density at radius 3 is 2.81 bits per heavy atom. The fraction of sp³-hybridized carbons (Fsp3) is 0.176. The Labute approximate surface area is 123 Å². The van der Waals surface area contributed by atoms with Crippen molar-refractivity contribution < 1.29 is 4.74 Å². The number of pyridine rings is 2. The maximum Gasteiger partial charge on any atom is 0.213 e. The molecule has 4 heteroatoms. The van der Waals surface area contributed by atoms with Gasteiger partial charge in [-0.05, 0) is 36.1 Å². The lowest BCUT2D eigenvalue weighted by Crippen LogP contribution is -2.00. The van der Waals surface area contributed by atoms with Crippen LogP contribution in [-0.2, 0) is 6.54 Å². The Kier molecular flexibility index (Phi) is 3.96. The van der Waals surface area contributed by atoms with Crippen molar-refractivity contribution in [3.05, 3.63) is 60.6 Å². The van der Waals surface area contributed by atoms with Gasteiger partial charge in [-0.2, -0.15) is 0 Å². The second-order valence-corrected chi connectivity index (χ2v) is 4.73. The summed E-state index contributed by atoms with van der Waals surface area (Å²) in [6, 6.07) is 12.2. The summed E-state index contributed by atoms with van der Waals surface area (Å²) in [7, 11) is 0. The first kappa shape index (κ1) is 13.4. The summed E-state index contributed by atoms with van der Waals surface area (Å²) in [6.07, 6.45) is 5.48. The standard InChI is InChI=1S/C17H17N3O/c1-2-21-17-6-5-16(12-20-17)19-10-13-3-4-15-11-18-8-7-14(15)9-13/h3-9,11-12,19H,2,10H2,1H3. The molecule has 3 aromatic rings. The summed E-state index contributed by atoms with van der Waals surface area (Å²) in [5.41, 5.74) is 2.20. The third-order valence-electron chi connectivity index (χ3n) is 3.23. The molecule has 3 rings (SSSR count). The van der Waals surface area contributed by atoms with Crippen molar-refractivity contribution in [3.63, 3.8) is 0 Å². The van der Waals surface area contributed by atoms with E-state index in [9.17, 15) is 0 Å². The smallest absolute Gasteiger partial charge is 0.213 e. The van der Waals surface area contributed by atoms with Crippen LogP contribution in [0.4, 0.5) is 5.69 Å². The van der Waals surface area contributed by atoms with Gasteiger partial charge in [0.2, 0.25) is 5.88 Å². The van der Waals surface area contributed by atoms with Crippen LogP contribution >= 0.6 is 0 Å². The van der Waals surface area contributed by atoms with Gasteiger partial charge in [0.05, 0.1) is 18.5 Å². The second kappa shape index (κ2) is 6.22. The summed E-state index contributed by atoms with van der Waals surface area (Å²) in [5, 5.41) is 5.72. The molecule has 21 heavy (non-hydrogen) atoms. The molecule has 0 fully saturated rings. The van der Waals surface area contributed by atoms with Crippen LogP contribution in [0, 0.1) is 0 Å². The molecule has 0 aliphatic heterocycles. The molecule has 4 nitrogen and oxygen atoms in total. The van der Waals surface area contributed by atoms with Crippen molar-refractivity contribution in [2.24, 2.45) is 0 Å². The molecule has 0 aliphatic carbocycles. The van der Waals surface area contributed by atoms with E-state index in [1.165, 1.54) is 10.9 Å². The monoisotopic (exact) mass is 279 g/mol. The van der Waals surface area contributed by atoms with E-state index in [1.54, 1.807) is 6.20 Å². The minimum atomic E-state index is 0.631. The first-order valence-electron chi connectivity index (χ1n) is 7.00. The van der Waals surface area contributed by atoms with Gasteiger partial charge in [-0.3, -0.25) is 4.98 Å². The molecule has 0 saturated carbocycles. The zero-order valence-corrected chi connectivity index (χ0v) is 11.9. The topological polar surface area (TPSA) is 47.0 Å². The predicted octanol–water partition coefficient (Wildman–Crippen LogP) is 3.64. The zero-order valence-electron chi connectivity index (χ0n) is 11.9. The highest BCUT2D eigenvalue weighted by molar-refractivity contribution is 5.82. The molecule has 0 unspecified atom stereocenters. The normalized spacial score (nSPS) is 10.5. The molecule has 106 valence electrons. The van der Waals surface area contributed by atoms with Gasteiger partial charge < -0.3 is 10.1 Å². The predicted molar refractivity (Wildman–Crippen MR) is 84.5 cm³/mol. The molecular formula is C17H17N3O. The lowest BCUT2D eigenvalue weighted by Gasteiger charge is -2.08. The quantitative estimate of drug-likeness (QED) is 0.774. The summed E-state index contributed by atoms with van der Waals surface area (Å²) in [4.78, 5) is 8.36. The number of nitrogens with zero attached hydrogens (tertiary/aromatic N) is 2. The molecule has 1 aromatic carbocycles. The van der Waals surface area contributed by atoms with E-state index >= 15 is 0 Å². The van der Waals surface area contributed by atoms with Gasteiger partial charge in [0.25, 0.3) is 0 Å². The number of rotatable bonds is 5. The number of ether oxygens (including phenoxy) is 1. The maximum absolute atomic E-state index is 5.33. The number of anilines is 1. The van der Waals surface area contributed by atoms with Crippen LogP contribution in [-0.4, -0.2) is 16.6 Å². The number of fused-ring (bicyclic) bond motifs is 1. The van der Waals surface area contributed by atoms with Crippen molar-refractivity contribution in [1.82, 2.24) is 9.97 Å². The Morgan fingerprint density at radius 2 is 2.00 bits per heavy atom. The van der Waals surface area contributed by atoms with Gasteiger partial charge in [0, 0.05) is 30.4 Å². The fourth-order valence-electron chi connectivity index (χ4n) is 2.17. The summed E-state index contributed by atoms with van der Waals surface area (Å²) < 4.78 is 5.33. The molecule has 0 atom stereocenters. The van der Waals surface area contributed by atoms with Crippen molar-refractivity contribution in [2.75, 3.05) is 11.9 Å². The minimum absolute atomic E-state index is 0.631. The molecule has 0 radical (unpaired) electrons. The van der Waals surface area contributed by atoms with Gasteiger partial charge in [-0.1, -0.05) is 12.1 Å². The lowest BCUT2D eigenvalue weighted by atomic mass is 10.1. The Bertz CT molecular complexity index is 725. The summed E-state index contributed by atoms with van der Waals surface area (Å²) in [5.74, 6) is 0.654. The van der Waals surface area contributed by atoms with Gasteiger partial charge in [-0.15, -0.1) is 0 Å². The van der Waals surface area contributed by atoms with E-state index in [1.807, 2.05) is 37.5 Å². The van der Waals surface area contributed by atoms with Crippen LogP contribution in [0.2, 0.25) is 0 Å². The molecular weight excluding hydrogens is 262 g/mol. The lowest BCUT2D eigenvalue weighted by molar-refractivity contribution is 0.327. The minimum Gasteiger partial charge on any atom is -0.478 e. The van der Waals surface area contributed by atoms with Gasteiger partial charge in [0.1, 0.15) is 0 Å². The van der Waals surface area contributed by atoms with Crippen LogP contribution in [0.5, 0.6) is 5.88 Å². The van der Waals surface area contributed by atoms with Gasteiger partial charge >= 0.3 is 0 Å². The summed E-state index contributed by atoms with van der Waals surface area (Å²) >= 11 is 0. The van der Waals surface area contributed by atoms with E-state index in [-0.39, 0.29) is 0 Å². The first-order chi connectivity index (χ1) is 10.3. The van der Waals surface area contributed by atoms with E-state index in [0.29, 0.717) is 12.5 Å². The molecule has 0 bridgehead atoms. The number of aromatic nitrogens is 2. The second-order valence-electron chi connectivity index (χ2n) is 4.73. The Balaban J connectivity index is 1.68. The van der Waals surface area contributed by atoms with E-state index in [2.05, 4.69) is 33.5 Å². The van der Waals surface area contributed by atoms with Crippen LogP contribution < -0.4 is 10.1 Å². The highest BCUT2D eigenvalue weighted by atomic mass is 16.5. The number of hydrogen-bond donors (Lipinski definition) is 1. The van der Waals surface area contributed by atoms with Crippen LogP contribution in [0.1, 0.15) is 12.5 Å². The molecule has 1 N–H and O–H groups in total. The SMILES string of the molecule is CCOc1ccc(NCc2ccc3cnccc3c2)cn1. The van der Waals surface area contributed by atoms with Crippen molar-refractivity contribution in [2.45, 2.75) is 13.5 Å². The molecule has 0 amide bonds. The Morgan fingerprint density at radius 1 is 1.05 bits per heavy atom. The van der Waals surface area contributed by atoms with Crippen LogP contribution in [0.15, 0.2) is 55.0 Å². The van der Waals surface area contributed by atoms with Gasteiger partial charge in [-0.25, -0.2) is 4.98 Å². The molecule has 0 aliphatic rings. The molecule has 2 heterocycles. The van der Waals surface area contributed by atoms with Crippen molar-refractivity contribution >= 4 is 16.5 Å². The van der Waals surface area contributed by atoms with E-state index < -0.39 is 0 Å². The maximum atomic E-state index is 5.33. The van der Waals surface area contributed by atoms with E-state index in [0.717, 1.165) is 17.6 Å². The van der Waals surface area contributed by atoms with Crippen molar-refractivity contribution in [1.29, 1.82) is 0 Å². The van der Waals surface area contributed by atoms with E-state index in [4.69, 9.17) is 4.74 Å². The highest BCUT2D eigenvalue weighted by Gasteiger charge is 1.99. The molecule has 0 saturated heterocycles.